The Morgan fingerprint density at radius 1 is 0.943 bits per heavy atom. The van der Waals surface area contributed by atoms with Gasteiger partial charge in [0.05, 0.1) is 25.9 Å². The molecule has 35 heavy (non-hydrogen) atoms. The summed E-state index contributed by atoms with van der Waals surface area (Å²) in [7, 11) is 1.58. The number of nitrogens with zero attached hydrogens (tertiary/aromatic N) is 4. The van der Waals surface area contributed by atoms with E-state index in [0.717, 1.165) is 10.2 Å². The molecule has 0 spiro atoms. The van der Waals surface area contributed by atoms with Crippen LogP contribution in [0, 0.1) is 5.82 Å². The van der Waals surface area contributed by atoms with Gasteiger partial charge < -0.3 is 10.1 Å². The van der Waals surface area contributed by atoms with E-state index in [-0.39, 0.29) is 30.9 Å². The summed E-state index contributed by atoms with van der Waals surface area (Å²) < 4.78 is 20.9. The monoisotopic (exact) mass is 475 g/mol. The van der Waals surface area contributed by atoms with Crippen LogP contribution in [-0.4, -0.2) is 39.1 Å². The van der Waals surface area contributed by atoms with Gasteiger partial charge in [0.2, 0.25) is 0 Å². The van der Waals surface area contributed by atoms with Gasteiger partial charge in [-0.15, -0.1) is 0 Å². The Labute approximate surface area is 199 Å². The summed E-state index contributed by atoms with van der Waals surface area (Å²) in [6.07, 6.45) is 0. The molecule has 0 saturated heterocycles. The minimum Gasteiger partial charge on any atom is -0.497 e. The number of hydrogen-bond donors (Lipinski definition) is 1. The molecule has 4 rings (SSSR count). The lowest BCUT2D eigenvalue weighted by atomic mass is 10.1. The zero-order valence-corrected chi connectivity index (χ0v) is 18.8. The second-order valence-corrected chi connectivity index (χ2v) is 7.61. The molecule has 0 radical (unpaired) electrons. The van der Waals surface area contributed by atoms with E-state index >= 15 is 0 Å². The van der Waals surface area contributed by atoms with Gasteiger partial charge in [-0.3, -0.25) is 14.4 Å². The van der Waals surface area contributed by atoms with E-state index in [1.54, 1.807) is 31.4 Å². The Bertz CT molecular complexity index is 1460. The molecule has 10 heteroatoms. The van der Waals surface area contributed by atoms with E-state index in [1.807, 2.05) is 12.1 Å². The maximum atomic E-state index is 13.4. The molecule has 2 aromatic heterocycles. The van der Waals surface area contributed by atoms with Gasteiger partial charge in [0.25, 0.3) is 17.0 Å². The fourth-order valence-electron chi connectivity index (χ4n) is 3.38. The van der Waals surface area contributed by atoms with Gasteiger partial charge in [-0.1, -0.05) is 12.1 Å². The zero-order valence-electron chi connectivity index (χ0n) is 18.8. The van der Waals surface area contributed by atoms with Gasteiger partial charge in [-0.05, 0) is 54.1 Å². The number of halogens is 1. The van der Waals surface area contributed by atoms with Crippen molar-refractivity contribution < 1.29 is 13.9 Å². The first-order valence-electron chi connectivity index (χ1n) is 10.8. The average Bonchev–Trinajstić information content (AvgIpc) is 2.86. The van der Waals surface area contributed by atoms with Crippen LogP contribution in [0.4, 0.5) is 4.39 Å². The lowest BCUT2D eigenvalue weighted by Crippen LogP contribution is -2.34. The third kappa shape index (κ3) is 5.85. The van der Waals surface area contributed by atoms with E-state index in [9.17, 15) is 18.8 Å². The first kappa shape index (κ1) is 23.6. The fraction of sp³-hybridized carbons (Fsp3) is 0.160. The number of benzene rings is 2. The molecule has 0 atom stereocenters. The number of hydrogen-bond acceptors (Lipinski definition) is 6. The van der Waals surface area contributed by atoms with Crippen molar-refractivity contribution in [3.8, 4) is 17.0 Å². The van der Waals surface area contributed by atoms with Gasteiger partial charge in [0, 0.05) is 24.2 Å². The molecule has 4 aromatic rings. The molecule has 0 saturated carbocycles. The highest BCUT2D eigenvalue weighted by Crippen LogP contribution is 2.19. The van der Waals surface area contributed by atoms with E-state index in [2.05, 4.69) is 15.5 Å². The summed E-state index contributed by atoms with van der Waals surface area (Å²) in [6.45, 7) is 0.273. The van der Waals surface area contributed by atoms with E-state index < -0.39 is 17.3 Å². The summed E-state index contributed by atoms with van der Waals surface area (Å²) in [6, 6.07) is 18.7. The van der Waals surface area contributed by atoms with Gasteiger partial charge in [-0.2, -0.15) is 10.2 Å². The maximum Gasteiger partial charge on any atom is 0.271 e. The molecule has 0 fully saturated rings. The van der Waals surface area contributed by atoms with Crippen LogP contribution in [-0.2, 0) is 13.1 Å². The lowest BCUT2D eigenvalue weighted by Gasteiger charge is -2.10. The predicted octanol–water partition coefficient (Wildman–Crippen LogP) is 2.09. The summed E-state index contributed by atoms with van der Waals surface area (Å²) in [4.78, 5) is 36.9. The highest BCUT2D eigenvalue weighted by molar-refractivity contribution is 5.91. The molecule has 1 amide bonds. The Kier molecular flexibility index (Phi) is 7.10. The van der Waals surface area contributed by atoms with Crippen LogP contribution in [0.2, 0.25) is 0 Å². The topological polar surface area (TPSA) is 108 Å². The molecule has 0 unspecified atom stereocenters. The third-order valence-electron chi connectivity index (χ3n) is 5.18. The van der Waals surface area contributed by atoms with Crippen LogP contribution in [0.5, 0.6) is 5.75 Å². The van der Waals surface area contributed by atoms with E-state index in [0.29, 0.717) is 17.0 Å². The fourth-order valence-corrected chi connectivity index (χ4v) is 3.38. The Balaban J connectivity index is 1.42. The van der Waals surface area contributed by atoms with E-state index in [1.165, 1.54) is 41.1 Å². The molecule has 2 heterocycles. The van der Waals surface area contributed by atoms with Gasteiger partial charge in [-0.25, -0.2) is 13.8 Å². The predicted molar refractivity (Wildman–Crippen MR) is 127 cm³/mol. The number of ether oxygens (including phenoxy) is 1. The second kappa shape index (κ2) is 10.6. The number of carbonyl (C=O) groups excluding carboxylic acids is 1. The molecule has 1 N–H and O–H groups in total. The molecular weight excluding hydrogens is 453 g/mol. The number of methoxy groups -OCH3 is 1. The van der Waals surface area contributed by atoms with Crippen molar-refractivity contribution >= 4 is 5.91 Å². The summed E-state index contributed by atoms with van der Waals surface area (Å²) in [5, 5.41) is 11.1. The maximum absolute atomic E-state index is 13.4. The van der Waals surface area contributed by atoms with Crippen molar-refractivity contribution in [3.63, 3.8) is 0 Å². The van der Waals surface area contributed by atoms with Crippen LogP contribution < -0.4 is 21.2 Å². The Hall–Kier alpha value is -4.60. The third-order valence-corrected chi connectivity index (χ3v) is 5.18. The second-order valence-electron chi connectivity index (χ2n) is 7.61. The van der Waals surface area contributed by atoms with Crippen molar-refractivity contribution in [2.45, 2.75) is 13.1 Å². The van der Waals surface area contributed by atoms with Crippen molar-refractivity contribution in [2.75, 3.05) is 13.7 Å². The number of aromatic nitrogens is 4. The molecule has 0 aliphatic carbocycles. The average molecular weight is 475 g/mol. The van der Waals surface area contributed by atoms with Gasteiger partial charge >= 0.3 is 0 Å². The first-order valence-corrected chi connectivity index (χ1v) is 10.8. The first-order chi connectivity index (χ1) is 16.9. The van der Waals surface area contributed by atoms with Crippen LogP contribution in [0.15, 0.2) is 82.4 Å². The minimum atomic E-state index is -0.516. The smallest absolute Gasteiger partial charge is 0.271 e. The number of amides is 1. The summed E-state index contributed by atoms with van der Waals surface area (Å²) >= 11 is 0. The number of rotatable bonds is 8. The van der Waals surface area contributed by atoms with Crippen molar-refractivity contribution in [1.29, 1.82) is 0 Å². The molecule has 0 aliphatic heterocycles. The molecule has 2 aromatic carbocycles. The normalized spacial score (nSPS) is 10.7. The van der Waals surface area contributed by atoms with Crippen molar-refractivity contribution in [2.24, 2.45) is 0 Å². The number of carbonyl (C=O) groups is 1. The summed E-state index contributed by atoms with van der Waals surface area (Å²) in [5.41, 5.74) is 1.25. The number of nitrogens with one attached hydrogen (secondary N) is 1. The van der Waals surface area contributed by atoms with Gasteiger partial charge in [0.15, 0.2) is 0 Å². The summed E-state index contributed by atoms with van der Waals surface area (Å²) in [5.74, 6) is -0.234. The van der Waals surface area contributed by atoms with Crippen LogP contribution in [0.25, 0.3) is 11.3 Å². The zero-order chi connectivity index (χ0) is 24.8. The van der Waals surface area contributed by atoms with Crippen LogP contribution in [0.1, 0.15) is 16.1 Å². The van der Waals surface area contributed by atoms with Crippen LogP contribution in [0.3, 0.4) is 0 Å². The Morgan fingerprint density at radius 2 is 1.69 bits per heavy atom. The van der Waals surface area contributed by atoms with Gasteiger partial charge in [0.1, 0.15) is 17.3 Å². The lowest BCUT2D eigenvalue weighted by molar-refractivity contribution is 0.0944. The van der Waals surface area contributed by atoms with Crippen LogP contribution >= 0.6 is 0 Å². The van der Waals surface area contributed by atoms with Crippen molar-refractivity contribution in [3.05, 3.63) is 111 Å². The molecule has 178 valence electrons. The highest BCUT2D eigenvalue weighted by Gasteiger charge is 2.11. The molecule has 0 aliphatic rings. The SMILES string of the molecule is COc1ccc(-c2ccc(=O)n(CCNC(=O)c3ccc(=O)n(Cc4cccc(F)c4)n3)n2)cc1. The molecular formula is C25H22FN5O4. The Morgan fingerprint density at radius 3 is 2.43 bits per heavy atom. The quantitative estimate of drug-likeness (QED) is 0.418. The minimum absolute atomic E-state index is 0.0216. The van der Waals surface area contributed by atoms with E-state index in [4.69, 9.17) is 4.74 Å². The molecule has 9 nitrogen and oxygen atoms in total. The standard InChI is InChI=1S/C25H22FN5O4/c1-35-20-7-5-18(6-8-20)21-9-11-23(32)30(28-21)14-13-27-25(34)22-10-12-24(33)31(29-22)16-17-3-2-4-19(26)15-17/h2-12,15H,13-14,16H2,1H3,(H,27,34). The largest absolute Gasteiger partial charge is 0.497 e. The molecule has 0 bridgehead atoms. The van der Waals surface area contributed by atoms with Crippen molar-refractivity contribution in [1.82, 2.24) is 24.9 Å². The highest BCUT2D eigenvalue weighted by atomic mass is 19.1.